The third-order valence-electron chi connectivity index (χ3n) is 0.974. The lowest BCUT2D eigenvalue weighted by Crippen LogP contribution is -2.19. The molecule has 0 unspecified atom stereocenters. The van der Waals surface area contributed by atoms with Gasteiger partial charge >= 0.3 is 0 Å². The maximum Gasteiger partial charge on any atom is 0.0201 e. The molecule has 0 atom stereocenters. The molecule has 2 heteroatoms. The van der Waals surface area contributed by atoms with Crippen LogP contribution < -0.4 is 11.1 Å². The Bertz CT molecular complexity index is 134. The Labute approximate surface area is 62.8 Å². The molecule has 58 valence electrons. The molecule has 0 fully saturated rings. The molecule has 0 aromatic heterocycles. The third kappa shape index (κ3) is 5.22. The molecule has 0 heterocycles. The number of nitrogens with one attached hydrogen (secondary N) is 1. The summed E-state index contributed by atoms with van der Waals surface area (Å²) in [6, 6.07) is 0.488. The zero-order valence-corrected chi connectivity index (χ0v) is 6.89. The number of allylic oxidation sites excluding steroid dienone is 3. The van der Waals surface area contributed by atoms with Crippen LogP contribution in [-0.2, 0) is 0 Å². The SMILES string of the molecule is C/C(=C\C=C/N)NC(C)C. The molecule has 0 aliphatic heterocycles. The molecular formula is C8H16N2. The molecular weight excluding hydrogens is 124 g/mol. The van der Waals surface area contributed by atoms with Crippen LogP contribution in [0.4, 0.5) is 0 Å². The largest absolute Gasteiger partial charge is 0.405 e. The minimum Gasteiger partial charge on any atom is -0.405 e. The van der Waals surface area contributed by atoms with Crippen molar-refractivity contribution < 1.29 is 0 Å². The second-order valence-electron chi connectivity index (χ2n) is 2.53. The van der Waals surface area contributed by atoms with Crippen LogP contribution in [-0.4, -0.2) is 6.04 Å². The van der Waals surface area contributed by atoms with Gasteiger partial charge in [-0.25, -0.2) is 0 Å². The Kier molecular flexibility index (Phi) is 4.46. The molecule has 0 aliphatic carbocycles. The number of nitrogens with two attached hydrogens (primary N) is 1. The van der Waals surface area contributed by atoms with E-state index in [0.29, 0.717) is 6.04 Å². The average molecular weight is 140 g/mol. The van der Waals surface area contributed by atoms with Gasteiger partial charge in [0.05, 0.1) is 0 Å². The number of rotatable bonds is 3. The van der Waals surface area contributed by atoms with E-state index in [1.165, 1.54) is 6.20 Å². The summed E-state index contributed by atoms with van der Waals surface area (Å²) in [6.07, 6.45) is 5.27. The van der Waals surface area contributed by atoms with Crippen LogP contribution in [0, 0.1) is 0 Å². The normalized spacial score (nSPS) is 13.0. The van der Waals surface area contributed by atoms with E-state index in [1.54, 1.807) is 0 Å². The van der Waals surface area contributed by atoms with Crippen LogP contribution in [0.5, 0.6) is 0 Å². The van der Waals surface area contributed by atoms with Crippen LogP contribution in [0.25, 0.3) is 0 Å². The highest BCUT2D eigenvalue weighted by molar-refractivity contribution is 5.08. The molecule has 0 rings (SSSR count). The van der Waals surface area contributed by atoms with E-state index in [-0.39, 0.29) is 0 Å². The van der Waals surface area contributed by atoms with E-state index >= 15 is 0 Å². The molecule has 0 radical (unpaired) electrons. The van der Waals surface area contributed by atoms with Gasteiger partial charge in [-0.3, -0.25) is 0 Å². The topological polar surface area (TPSA) is 38.0 Å². The van der Waals surface area contributed by atoms with E-state index in [0.717, 1.165) is 5.70 Å². The van der Waals surface area contributed by atoms with Crippen LogP contribution >= 0.6 is 0 Å². The van der Waals surface area contributed by atoms with Crippen LogP contribution in [0.15, 0.2) is 24.0 Å². The van der Waals surface area contributed by atoms with Gasteiger partial charge in [0.2, 0.25) is 0 Å². The highest BCUT2D eigenvalue weighted by Gasteiger charge is 1.88. The van der Waals surface area contributed by atoms with E-state index in [2.05, 4.69) is 19.2 Å². The average Bonchev–Trinajstić information content (AvgIpc) is 1.82. The smallest absolute Gasteiger partial charge is 0.0201 e. The van der Waals surface area contributed by atoms with Crippen LogP contribution in [0.3, 0.4) is 0 Å². The molecule has 0 aromatic rings. The van der Waals surface area contributed by atoms with Gasteiger partial charge in [-0.1, -0.05) is 0 Å². The zero-order chi connectivity index (χ0) is 7.98. The molecule has 0 aromatic carbocycles. The molecule has 0 saturated heterocycles. The molecule has 2 nitrogen and oxygen atoms in total. The van der Waals surface area contributed by atoms with Crippen molar-refractivity contribution in [1.82, 2.24) is 5.32 Å². The summed E-state index contributed by atoms with van der Waals surface area (Å²) in [5, 5.41) is 3.23. The van der Waals surface area contributed by atoms with Crippen molar-refractivity contribution in [3.8, 4) is 0 Å². The van der Waals surface area contributed by atoms with Crippen molar-refractivity contribution in [2.75, 3.05) is 0 Å². The monoisotopic (exact) mass is 140 g/mol. The van der Waals surface area contributed by atoms with Gasteiger partial charge < -0.3 is 11.1 Å². The van der Waals surface area contributed by atoms with E-state index < -0.39 is 0 Å². The molecule has 10 heavy (non-hydrogen) atoms. The summed E-state index contributed by atoms with van der Waals surface area (Å²) < 4.78 is 0. The number of hydrogen-bond acceptors (Lipinski definition) is 2. The Balaban J connectivity index is 3.71. The second-order valence-corrected chi connectivity index (χ2v) is 2.53. The van der Waals surface area contributed by atoms with Crippen molar-refractivity contribution in [1.29, 1.82) is 0 Å². The molecule has 0 bridgehead atoms. The van der Waals surface area contributed by atoms with Crippen molar-refractivity contribution in [3.05, 3.63) is 24.0 Å². The van der Waals surface area contributed by atoms with Crippen LogP contribution in [0.1, 0.15) is 20.8 Å². The van der Waals surface area contributed by atoms with Gasteiger partial charge in [0.15, 0.2) is 0 Å². The second kappa shape index (κ2) is 4.91. The fourth-order valence-corrected chi connectivity index (χ4v) is 0.703. The fraction of sp³-hybridized carbons (Fsp3) is 0.500. The summed E-state index contributed by atoms with van der Waals surface area (Å²) in [5.41, 5.74) is 6.29. The minimum atomic E-state index is 0.488. The summed E-state index contributed by atoms with van der Waals surface area (Å²) in [6.45, 7) is 6.22. The lowest BCUT2D eigenvalue weighted by atomic mass is 10.3. The predicted octanol–water partition coefficient (Wildman–Crippen LogP) is 1.36. The molecule has 0 aliphatic rings. The standard InChI is InChI=1S/C8H16N2/c1-7(2)10-8(3)5-4-6-9/h4-7,10H,9H2,1-3H3/b6-4-,8-5+. The minimum absolute atomic E-state index is 0.488. The quantitative estimate of drug-likeness (QED) is 0.581. The van der Waals surface area contributed by atoms with Gasteiger partial charge in [0.25, 0.3) is 0 Å². The fourth-order valence-electron chi connectivity index (χ4n) is 0.703. The van der Waals surface area contributed by atoms with E-state index in [4.69, 9.17) is 5.73 Å². The van der Waals surface area contributed by atoms with Gasteiger partial charge in [0, 0.05) is 11.7 Å². The number of hydrogen-bond donors (Lipinski definition) is 2. The Morgan fingerprint density at radius 2 is 2.10 bits per heavy atom. The summed E-state index contributed by atoms with van der Waals surface area (Å²) in [5.74, 6) is 0. The molecule has 3 N–H and O–H groups in total. The highest BCUT2D eigenvalue weighted by Crippen LogP contribution is 1.89. The van der Waals surface area contributed by atoms with Crippen LogP contribution in [0.2, 0.25) is 0 Å². The van der Waals surface area contributed by atoms with Gasteiger partial charge in [0.1, 0.15) is 0 Å². The Morgan fingerprint density at radius 1 is 1.50 bits per heavy atom. The molecule has 0 spiro atoms. The van der Waals surface area contributed by atoms with Crippen molar-refractivity contribution in [2.24, 2.45) is 5.73 Å². The lowest BCUT2D eigenvalue weighted by molar-refractivity contribution is 0.669. The van der Waals surface area contributed by atoms with Crippen molar-refractivity contribution >= 4 is 0 Å². The lowest BCUT2D eigenvalue weighted by Gasteiger charge is -2.08. The third-order valence-corrected chi connectivity index (χ3v) is 0.974. The Morgan fingerprint density at radius 3 is 2.50 bits per heavy atom. The van der Waals surface area contributed by atoms with Gasteiger partial charge in [-0.15, -0.1) is 0 Å². The van der Waals surface area contributed by atoms with Crippen molar-refractivity contribution in [3.63, 3.8) is 0 Å². The molecule has 0 saturated carbocycles. The van der Waals surface area contributed by atoms with E-state index in [9.17, 15) is 0 Å². The van der Waals surface area contributed by atoms with Gasteiger partial charge in [-0.05, 0) is 39.1 Å². The van der Waals surface area contributed by atoms with E-state index in [1.807, 2.05) is 19.1 Å². The zero-order valence-electron chi connectivity index (χ0n) is 6.89. The highest BCUT2D eigenvalue weighted by atomic mass is 14.9. The first-order chi connectivity index (χ1) is 4.66. The van der Waals surface area contributed by atoms with Crippen molar-refractivity contribution in [2.45, 2.75) is 26.8 Å². The first-order valence-electron chi connectivity index (χ1n) is 3.48. The maximum absolute atomic E-state index is 5.15. The predicted molar refractivity (Wildman–Crippen MR) is 45.4 cm³/mol. The summed E-state index contributed by atoms with van der Waals surface area (Å²) >= 11 is 0. The maximum atomic E-state index is 5.15. The first-order valence-corrected chi connectivity index (χ1v) is 3.48. The Hall–Kier alpha value is -0.920. The molecule has 0 amide bonds. The first kappa shape index (κ1) is 9.08. The van der Waals surface area contributed by atoms with Gasteiger partial charge in [-0.2, -0.15) is 0 Å². The summed E-state index contributed by atoms with van der Waals surface area (Å²) in [7, 11) is 0. The summed E-state index contributed by atoms with van der Waals surface area (Å²) in [4.78, 5) is 0.